The maximum Gasteiger partial charge on any atom is 0.248 e. The molecule has 0 bridgehead atoms. The van der Waals surface area contributed by atoms with E-state index in [1.165, 1.54) is 12.8 Å². The van der Waals surface area contributed by atoms with E-state index in [9.17, 15) is 8.78 Å². The molecule has 2 aliphatic rings. The summed E-state index contributed by atoms with van der Waals surface area (Å²) in [6.45, 7) is 1.87. The van der Waals surface area contributed by atoms with Crippen LogP contribution in [0.25, 0.3) is 0 Å². The summed E-state index contributed by atoms with van der Waals surface area (Å²) in [4.78, 5) is 2.32. The Balaban J connectivity index is 1.78. The van der Waals surface area contributed by atoms with Crippen molar-refractivity contribution in [3.8, 4) is 0 Å². The zero-order valence-corrected chi connectivity index (χ0v) is 9.65. The second-order valence-electron chi connectivity index (χ2n) is 4.93. The van der Waals surface area contributed by atoms with Gasteiger partial charge in [-0.1, -0.05) is 6.42 Å². The van der Waals surface area contributed by atoms with Crippen LogP contribution in [0.15, 0.2) is 0 Å². The molecule has 1 heterocycles. The normalized spacial score (nSPS) is 32.6. The van der Waals surface area contributed by atoms with Crippen LogP contribution in [0.3, 0.4) is 0 Å². The van der Waals surface area contributed by atoms with E-state index in [4.69, 9.17) is 11.6 Å². The molecular weight excluding hydrogens is 220 g/mol. The van der Waals surface area contributed by atoms with Crippen LogP contribution in [0.2, 0.25) is 0 Å². The maximum atomic E-state index is 12.7. The number of likely N-dealkylation sites (tertiary alicyclic amines) is 1. The zero-order valence-electron chi connectivity index (χ0n) is 8.89. The number of hydrogen-bond acceptors (Lipinski definition) is 1. The Morgan fingerprint density at radius 1 is 1.27 bits per heavy atom. The van der Waals surface area contributed by atoms with Crippen LogP contribution in [-0.4, -0.2) is 35.8 Å². The molecule has 0 aromatic carbocycles. The molecule has 1 nitrogen and oxygen atoms in total. The zero-order chi connectivity index (χ0) is 10.9. The van der Waals surface area contributed by atoms with Crippen LogP contribution in [0.4, 0.5) is 8.78 Å². The van der Waals surface area contributed by atoms with E-state index in [2.05, 4.69) is 4.90 Å². The van der Waals surface area contributed by atoms with Crippen molar-refractivity contribution >= 4 is 11.6 Å². The summed E-state index contributed by atoms with van der Waals surface area (Å²) in [5.41, 5.74) is 0. The van der Waals surface area contributed by atoms with Crippen molar-refractivity contribution in [1.29, 1.82) is 0 Å². The van der Waals surface area contributed by atoms with Gasteiger partial charge in [-0.15, -0.1) is 11.6 Å². The van der Waals surface area contributed by atoms with Crippen LogP contribution in [-0.2, 0) is 0 Å². The van der Waals surface area contributed by atoms with Crippen LogP contribution in [0.5, 0.6) is 0 Å². The van der Waals surface area contributed by atoms with Gasteiger partial charge >= 0.3 is 0 Å². The van der Waals surface area contributed by atoms with Gasteiger partial charge in [0.1, 0.15) is 0 Å². The molecule has 0 N–H and O–H groups in total. The fourth-order valence-corrected chi connectivity index (χ4v) is 3.07. The molecule has 88 valence electrons. The molecule has 0 amide bonds. The van der Waals surface area contributed by atoms with Gasteiger partial charge in [0.2, 0.25) is 5.92 Å². The first-order valence-electron chi connectivity index (χ1n) is 5.78. The lowest BCUT2D eigenvalue weighted by molar-refractivity contribution is -0.119. The summed E-state index contributed by atoms with van der Waals surface area (Å²) in [5, 5.41) is 0. The predicted molar refractivity (Wildman–Crippen MR) is 57.6 cm³/mol. The second-order valence-corrected chi connectivity index (χ2v) is 5.24. The average molecular weight is 238 g/mol. The van der Waals surface area contributed by atoms with Crippen molar-refractivity contribution in [1.82, 2.24) is 4.90 Å². The Morgan fingerprint density at radius 3 is 2.60 bits per heavy atom. The Hall–Kier alpha value is 0.110. The highest BCUT2D eigenvalue weighted by atomic mass is 35.5. The molecule has 1 aliphatic carbocycles. The number of alkyl halides is 3. The third-order valence-electron chi connectivity index (χ3n) is 3.59. The summed E-state index contributed by atoms with van der Waals surface area (Å²) < 4.78 is 25.4. The van der Waals surface area contributed by atoms with Gasteiger partial charge in [-0.3, -0.25) is 4.90 Å². The summed E-state index contributed by atoms with van der Waals surface area (Å²) in [7, 11) is 0. The monoisotopic (exact) mass is 237 g/mol. The standard InChI is InChI=1S/C11H18ClF2N/c12-7-10-3-1-2-4-15(10)8-9-5-11(13,14)6-9/h9-10H,1-8H2. The number of hydrogen-bond donors (Lipinski definition) is 0. The first-order chi connectivity index (χ1) is 7.11. The van der Waals surface area contributed by atoms with Gasteiger partial charge in [0.15, 0.2) is 0 Å². The van der Waals surface area contributed by atoms with Crippen LogP contribution >= 0.6 is 11.6 Å². The van der Waals surface area contributed by atoms with Crippen molar-refractivity contribution < 1.29 is 8.78 Å². The lowest BCUT2D eigenvalue weighted by Crippen LogP contribution is -2.48. The third-order valence-corrected chi connectivity index (χ3v) is 3.95. The first-order valence-corrected chi connectivity index (χ1v) is 6.32. The number of halogens is 3. The molecule has 1 saturated heterocycles. The fraction of sp³-hybridized carbons (Fsp3) is 1.00. The molecule has 1 saturated carbocycles. The molecule has 1 unspecified atom stereocenters. The molecule has 0 spiro atoms. The van der Waals surface area contributed by atoms with Crippen molar-refractivity contribution in [3.63, 3.8) is 0 Å². The molecule has 0 radical (unpaired) electrons. The van der Waals surface area contributed by atoms with Gasteiger partial charge in [-0.05, 0) is 25.3 Å². The average Bonchev–Trinajstić information content (AvgIpc) is 2.16. The van der Waals surface area contributed by atoms with E-state index in [0.29, 0.717) is 11.9 Å². The van der Waals surface area contributed by atoms with E-state index >= 15 is 0 Å². The van der Waals surface area contributed by atoms with Crippen LogP contribution in [0.1, 0.15) is 32.1 Å². The van der Waals surface area contributed by atoms with Crippen molar-refractivity contribution in [2.75, 3.05) is 19.0 Å². The molecular formula is C11H18ClF2N. The Kier molecular flexibility index (Phi) is 3.51. The van der Waals surface area contributed by atoms with E-state index in [-0.39, 0.29) is 18.8 Å². The highest BCUT2D eigenvalue weighted by Gasteiger charge is 2.46. The van der Waals surface area contributed by atoms with E-state index in [1.54, 1.807) is 0 Å². The van der Waals surface area contributed by atoms with Gasteiger partial charge in [-0.25, -0.2) is 8.78 Å². The minimum absolute atomic E-state index is 0.0819. The number of piperidine rings is 1. The summed E-state index contributed by atoms with van der Waals surface area (Å²) in [6.07, 6.45) is 3.72. The molecule has 1 atom stereocenters. The van der Waals surface area contributed by atoms with E-state index in [1.807, 2.05) is 0 Å². The minimum Gasteiger partial charge on any atom is -0.299 e. The summed E-state index contributed by atoms with van der Waals surface area (Å²) in [5.74, 6) is -1.54. The molecule has 2 fully saturated rings. The van der Waals surface area contributed by atoms with Gasteiger partial charge in [-0.2, -0.15) is 0 Å². The van der Waals surface area contributed by atoms with E-state index < -0.39 is 5.92 Å². The van der Waals surface area contributed by atoms with Crippen molar-refractivity contribution in [2.45, 2.75) is 44.1 Å². The van der Waals surface area contributed by atoms with Gasteiger partial charge in [0, 0.05) is 31.3 Å². The first kappa shape index (κ1) is 11.6. The highest BCUT2D eigenvalue weighted by Crippen LogP contribution is 2.43. The SMILES string of the molecule is FC1(F)CC(CN2CCCCC2CCl)C1. The minimum atomic E-state index is -2.38. The molecule has 0 aromatic rings. The molecule has 1 aliphatic heterocycles. The Labute approximate surface area is 94.8 Å². The fourth-order valence-electron chi connectivity index (χ4n) is 2.72. The summed E-state index contributed by atoms with van der Waals surface area (Å²) >= 11 is 5.89. The Morgan fingerprint density at radius 2 is 2.00 bits per heavy atom. The molecule has 2 rings (SSSR count). The smallest absolute Gasteiger partial charge is 0.248 e. The third kappa shape index (κ3) is 2.82. The summed E-state index contributed by atoms with van der Waals surface area (Å²) in [6, 6.07) is 0.426. The highest BCUT2D eigenvalue weighted by molar-refractivity contribution is 6.18. The van der Waals surface area contributed by atoms with Gasteiger partial charge < -0.3 is 0 Å². The lowest BCUT2D eigenvalue weighted by Gasteiger charge is -2.42. The second kappa shape index (κ2) is 4.54. The van der Waals surface area contributed by atoms with Crippen LogP contribution < -0.4 is 0 Å². The lowest BCUT2D eigenvalue weighted by atomic mass is 9.80. The van der Waals surface area contributed by atoms with E-state index in [0.717, 1.165) is 19.5 Å². The largest absolute Gasteiger partial charge is 0.299 e. The number of nitrogens with zero attached hydrogens (tertiary/aromatic N) is 1. The molecule has 0 aromatic heterocycles. The molecule has 15 heavy (non-hydrogen) atoms. The maximum absolute atomic E-state index is 12.7. The quantitative estimate of drug-likeness (QED) is 0.682. The van der Waals surface area contributed by atoms with Crippen molar-refractivity contribution in [3.05, 3.63) is 0 Å². The number of rotatable bonds is 3. The van der Waals surface area contributed by atoms with Gasteiger partial charge in [0.05, 0.1) is 0 Å². The van der Waals surface area contributed by atoms with Gasteiger partial charge in [0.25, 0.3) is 0 Å². The van der Waals surface area contributed by atoms with Crippen LogP contribution in [0, 0.1) is 5.92 Å². The topological polar surface area (TPSA) is 3.24 Å². The predicted octanol–water partition coefficient (Wildman–Crippen LogP) is 3.13. The van der Waals surface area contributed by atoms with Crippen molar-refractivity contribution in [2.24, 2.45) is 5.92 Å². The molecule has 4 heteroatoms. The Bertz CT molecular complexity index is 215.